The van der Waals surface area contributed by atoms with Crippen LogP contribution in [0, 0.1) is 5.82 Å². The van der Waals surface area contributed by atoms with Crippen LogP contribution in [-0.4, -0.2) is 5.11 Å². The minimum atomic E-state index is -0.671. The van der Waals surface area contributed by atoms with Gasteiger partial charge < -0.3 is 5.11 Å². The van der Waals surface area contributed by atoms with Crippen LogP contribution < -0.4 is 0 Å². The van der Waals surface area contributed by atoms with Crippen LogP contribution in [0.5, 0.6) is 0 Å². The number of benzene rings is 1. The number of aliphatic hydroxyl groups is 1. The lowest BCUT2D eigenvalue weighted by atomic mass is 10.1. The molecule has 0 saturated carbocycles. The average Bonchev–Trinajstić information content (AvgIpc) is 2.69. The highest BCUT2D eigenvalue weighted by molar-refractivity contribution is 7.10. The van der Waals surface area contributed by atoms with Crippen LogP contribution in [-0.2, 0) is 6.42 Å². The van der Waals surface area contributed by atoms with E-state index in [0.29, 0.717) is 22.0 Å². The molecular formula is C12H9Cl2FOS. The molecule has 0 spiro atoms. The van der Waals surface area contributed by atoms with Gasteiger partial charge in [-0.15, -0.1) is 11.3 Å². The fraction of sp³-hybridized carbons (Fsp3) is 0.167. The summed E-state index contributed by atoms with van der Waals surface area (Å²) in [5.41, 5.74) is 0.713. The topological polar surface area (TPSA) is 20.2 Å². The standard InChI is InChI=1S/C12H9Cl2FOS/c13-8-4-12(17-6-8)11(16)3-7-1-2-9(15)5-10(7)14/h1-2,4-6,11,16H,3H2. The maximum Gasteiger partial charge on any atom is 0.124 e. The van der Waals surface area contributed by atoms with E-state index >= 15 is 0 Å². The second kappa shape index (κ2) is 5.36. The first-order chi connectivity index (χ1) is 8.06. The van der Waals surface area contributed by atoms with Gasteiger partial charge in [0.2, 0.25) is 0 Å². The maximum absolute atomic E-state index is 12.8. The lowest BCUT2D eigenvalue weighted by Crippen LogP contribution is -2.00. The van der Waals surface area contributed by atoms with Gasteiger partial charge in [-0.3, -0.25) is 0 Å². The molecule has 17 heavy (non-hydrogen) atoms. The molecule has 1 nitrogen and oxygen atoms in total. The Morgan fingerprint density at radius 1 is 1.29 bits per heavy atom. The van der Waals surface area contributed by atoms with Crippen LogP contribution in [0.15, 0.2) is 29.6 Å². The van der Waals surface area contributed by atoms with E-state index in [4.69, 9.17) is 23.2 Å². The van der Waals surface area contributed by atoms with Crippen molar-refractivity contribution in [2.24, 2.45) is 0 Å². The van der Waals surface area contributed by atoms with E-state index in [1.807, 2.05) is 0 Å². The predicted molar refractivity (Wildman–Crippen MR) is 69.4 cm³/mol. The van der Waals surface area contributed by atoms with Crippen LogP contribution in [0.4, 0.5) is 4.39 Å². The second-order valence-electron chi connectivity index (χ2n) is 3.62. The Morgan fingerprint density at radius 3 is 2.65 bits per heavy atom. The summed E-state index contributed by atoms with van der Waals surface area (Å²) in [5, 5.41) is 12.7. The summed E-state index contributed by atoms with van der Waals surface area (Å²) < 4.78 is 12.8. The highest BCUT2D eigenvalue weighted by Gasteiger charge is 2.13. The molecular weight excluding hydrogens is 282 g/mol. The van der Waals surface area contributed by atoms with Gasteiger partial charge in [-0.05, 0) is 23.8 Å². The Hall–Kier alpha value is -0.610. The number of hydrogen-bond acceptors (Lipinski definition) is 2. The monoisotopic (exact) mass is 290 g/mol. The van der Waals surface area contributed by atoms with Crippen LogP contribution in [0.2, 0.25) is 10.0 Å². The number of halogens is 3. The summed E-state index contributed by atoms with van der Waals surface area (Å²) in [6.07, 6.45) is -0.328. The molecule has 1 heterocycles. The Balaban J connectivity index is 2.15. The van der Waals surface area contributed by atoms with E-state index < -0.39 is 6.10 Å². The van der Waals surface area contributed by atoms with Gasteiger partial charge in [-0.25, -0.2) is 4.39 Å². The van der Waals surface area contributed by atoms with Crippen molar-refractivity contribution in [3.63, 3.8) is 0 Å². The first kappa shape index (κ1) is 12.8. The van der Waals surface area contributed by atoms with Crippen LogP contribution in [0.3, 0.4) is 0 Å². The summed E-state index contributed by atoms with van der Waals surface area (Å²) >= 11 is 13.1. The Kier molecular flexibility index (Phi) is 4.05. The van der Waals surface area contributed by atoms with E-state index in [1.165, 1.54) is 23.5 Å². The highest BCUT2D eigenvalue weighted by Crippen LogP contribution is 2.29. The zero-order valence-electron chi connectivity index (χ0n) is 8.66. The fourth-order valence-corrected chi connectivity index (χ4v) is 2.81. The quantitative estimate of drug-likeness (QED) is 0.884. The molecule has 0 fully saturated rings. The van der Waals surface area contributed by atoms with Crippen molar-refractivity contribution in [3.8, 4) is 0 Å². The number of aliphatic hydroxyl groups excluding tert-OH is 1. The molecule has 0 radical (unpaired) electrons. The van der Waals surface area contributed by atoms with Crippen molar-refractivity contribution in [2.75, 3.05) is 0 Å². The number of hydrogen-bond donors (Lipinski definition) is 1. The van der Waals surface area contributed by atoms with Crippen LogP contribution >= 0.6 is 34.5 Å². The normalized spacial score (nSPS) is 12.7. The molecule has 0 saturated heterocycles. The van der Waals surface area contributed by atoms with Crippen molar-refractivity contribution in [3.05, 3.63) is 55.9 Å². The van der Waals surface area contributed by atoms with Crippen molar-refractivity contribution in [2.45, 2.75) is 12.5 Å². The Labute approximate surface area is 112 Å². The van der Waals surface area contributed by atoms with Crippen molar-refractivity contribution in [1.29, 1.82) is 0 Å². The smallest absolute Gasteiger partial charge is 0.124 e. The summed E-state index contributed by atoms with van der Waals surface area (Å²) in [6.45, 7) is 0. The molecule has 0 aliphatic carbocycles. The van der Waals surface area contributed by atoms with Gasteiger partial charge in [-0.2, -0.15) is 0 Å². The van der Waals surface area contributed by atoms with Crippen LogP contribution in [0.25, 0.3) is 0 Å². The van der Waals surface area contributed by atoms with Crippen LogP contribution in [0.1, 0.15) is 16.5 Å². The third-order valence-electron chi connectivity index (χ3n) is 2.34. The first-order valence-corrected chi connectivity index (χ1v) is 6.56. The molecule has 1 atom stereocenters. The molecule has 5 heteroatoms. The largest absolute Gasteiger partial charge is 0.387 e. The molecule has 0 aliphatic rings. The predicted octanol–water partition coefficient (Wildman–Crippen LogP) is 4.47. The Bertz CT molecular complexity index is 527. The van der Waals surface area contributed by atoms with Crippen molar-refractivity contribution >= 4 is 34.5 Å². The van der Waals surface area contributed by atoms with E-state index in [0.717, 1.165) is 4.88 Å². The summed E-state index contributed by atoms with van der Waals surface area (Å²) in [7, 11) is 0. The summed E-state index contributed by atoms with van der Waals surface area (Å²) in [6, 6.07) is 5.87. The molecule has 90 valence electrons. The molecule has 0 aliphatic heterocycles. The third-order valence-corrected chi connectivity index (χ3v) is 4.08. The maximum atomic E-state index is 12.8. The molecule has 1 N–H and O–H groups in total. The van der Waals surface area contributed by atoms with Crippen molar-refractivity contribution < 1.29 is 9.50 Å². The van der Waals surface area contributed by atoms with E-state index in [9.17, 15) is 9.50 Å². The van der Waals surface area contributed by atoms with Gasteiger partial charge in [0.1, 0.15) is 5.82 Å². The lowest BCUT2D eigenvalue weighted by molar-refractivity contribution is 0.182. The van der Waals surface area contributed by atoms with E-state index in [-0.39, 0.29) is 5.82 Å². The fourth-order valence-electron chi connectivity index (χ4n) is 1.50. The van der Waals surface area contributed by atoms with Gasteiger partial charge in [0.25, 0.3) is 0 Å². The van der Waals surface area contributed by atoms with Gasteiger partial charge in [0.15, 0.2) is 0 Å². The van der Waals surface area contributed by atoms with E-state index in [2.05, 4.69) is 0 Å². The Morgan fingerprint density at radius 2 is 2.06 bits per heavy atom. The molecule has 2 aromatic rings. The summed E-state index contributed by atoms with van der Waals surface area (Å²) in [5.74, 6) is -0.382. The molecule has 1 aromatic heterocycles. The lowest BCUT2D eigenvalue weighted by Gasteiger charge is -2.09. The second-order valence-corrected chi connectivity index (χ2v) is 5.41. The van der Waals surface area contributed by atoms with Gasteiger partial charge in [0.05, 0.1) is 11.1 Å². The molecule has 2 rings (SSSR count). The average molecular weight is 291 g/mol. The first-order valence-electron chi connectivity index (χ1n) is 4.92. The van der Waals surface area contributed by atoms with Gasteiger partial charge >= 0.3 is 0 Å². The third kappa shape index (κ3) is 3.19. The van der Waals surface area contributed by atoms with E-state index in [1.54, 1.807) is 17.5 Å². The van der Waals surface area contributed by atoms with Crippen molar-refractivity contribution in [1.82, 2.24) is 0 Å². The molecule has 1 aromatic carbocycles. The SMILES string of the molecule is OC(Cc1ccc(F)cc1Cl)c1cc(Cl)cs1. The highest BCUT2D eigenvalue weighted by atomic mass is 35.5. The minimum absolute atomic E-state index is 0.326. The number of thiophene rings is 1. The number of rotatable bonds is 3. The molecule has 0 bridgehead atoms. The summed E-state index contributed by atoms with van der Waals surface area (Å²) in [4.78, 5) is 0.774. The zero-order chi connectivity index (χ0) is 12.4. The van der Waals surface area contributed by atoms with Gasteiger partial charge in [0, 0.05) is 21.7 Å². The minimum Gasteiger partial charge on any atom is -0.387 e. The molecule has 1 unspecified atom stereocenters. The zero-order valence-corrected chi connectivity index (χ0v) is 11.0. The van der Waals surface area contributed by atoms with Gasteiger partial charge in [-0.1, -0.05) is 29.3 Å². The molecule has 0 amide bonds.